The summed E-state index contributed by atoms with van der Waals surface area (Å²) >= 11 is 0. The number of para-hydroxylation sites is 1. The lowest BCUT2D eigenvalue weighted by atomic mass is 9.81. The second kappa shape index (κ2) is 4.69. The number of hydrogen-bond donors (Lipinski definition) is 0. The van der Waals surface area contributed by atoms with E-state index in [2.05, 4.69) is 32.9 Å². The lowest BCUT2D eigenvalue weighted by Crippen LogP contribution is -2.09. The maximum Gasteiger partial charge on any atom is 0.263 e. The number of rotatable bonds is 1. The molecule has 0 unspecified atom stereocenters. The number of hydrogen-bond acceptors (Lipinski definition) is 1. The summed E-state index contributed by atoms with van der Waals surface area (Å²) in [5.74, 6) is 0.0809. The highest BCUT2D eigenvalue weighted by Gasteiger charge is 2.37. The van der Waals surface area contributed by atoms with Gasteiger partial charge < -0.3 is 0 Å². The minimum absolute atomic E-state index is 0.0809. The summed E-state index contributed by atoms with van der Waals surface area (Å²) in [6.45, 7) is 6.52. The van der Waals surface area contributed by atoms with Gasteiger partial charge in [-0.05, 0) is 28.7 Å². The summed E-state index contributed by atoms with van der Waals surface area (Å²) in [7, 11) is 0. The molecule has 0 N–H and O–H groups in total. The Labute approximate surface area is 136 Å². The topological polar surface area (TPSA) is 22.0 Å². The molecule has 4 rings (SSSR count). The Morgan fingerprint density at radius 2 is 1.52 bits per heavy atom. The number of carbonyl (C=O) groups excluding carboxylic acids is 1. The highest BCUT2D eigenvalue weighted by Crippen LogP contribution is 2.46. The van der Waals surface area contributed by atoms with Gasteiger partial charge in [0.2, 0.25) is 0 Å². The average molecular weight is 301 g/mol. The van der Waals surface area contributed by atoms with Gasteiger partial charge in [0.25, 0.3) is 5.91 Å². The Balaban J connectivity index is 2.08. The van der Waals surface area contributed by atoms with Crippen molar-refractivity contribution in [2.24, 2.45) is 5.41 Å². The first kappa shape index (κ1) is 14.0. The number of aromatic nitrogens is 1. The highest BCUT2D eigenvalue weighted by atomic mass is 16.2. The van der Waals surface area contributed by atoms with Crippen molar-refractivity contribution in [3.05, 3.63) is 71.9 Å². The average Bonchev–Trinajstić information content (AvgIpc) is 3.02. The maximum atomic E-state index is 13.2. The molecule has 2 heteroatoms. The highest BCUT2D eigenvalue weighted by molar-refractivity contribution is 6.34. The summed E-state index contributed by atoms with van der Waals surface area (Å²) < 4.78 is 1.87. The van der Waals surface area contributed by atoms with Crippen LogP contribution in [0.15, 0.2) is 60.7 Å². The second-order valence-corrected chi connectivity index (χ2v) is 7.09. The van der Waals surface area contributed by atoms with E-state index in [1.165, 1.54) is 0 Å². The zero-order chi connectivity index (χ0) is 16.2. The molecule has 23 heavy (non-hydrogen) atoms. The van der Waals surface area contributed by atoms with Crippen molar-refractivity contribution in [2.45, 2.75) is 20.8 Å². The monoisotopic (exact) mass is 301 g/mol. The first-order valence-corrected chi connectivity index (χ1v) is 7.94. The molecule has 2 nitrogen and oxygen atoms in total. The van der Waals surface area contributed by atoms with Crippen molar-refractivity contribution in [3.8, 4) is 0 Å². The summed E-state index contributed by atoms with van der Waals surface area (Å²) in [4.78, 5) is 13.2. The van der Waals surface area contributed by atoms with E-state index in [0.717, 1.165) is 33.3 Å². The van der Waals surface area contributed by atoms with E-state index in [0.29, 0.717) is 0 Å². The van der Waals surface area contributed by atoms with Gasteiger partial charge in [0, 0.05) is 5.39 Å². The zero-order valence-corrected chi connectivity index (χ0v) is 13.6. The molecule has 2 heterocycles. The number of fused-ring (bicyclic) bond motifs is 3. The number of allylic oxidation sites excluding steroid dienone is 2. The molecular formula is C21H19NO. The van der Waals surface area contributed by atoms with Crippen LogP contribution in [-0.4, -0.2) is 10.5 Å². The molecule has 0 bridgehead atoms. The molecular weight excluding hydrogens is 282 g/mol. The predicted octanol–water partition coefficient (Wildman–Crippen LogP) is 5.25. The SMILES string of the molecule is CC(C)(C)C1=C(c2ccccc2)C(=O)n2c1cc1ccccc12. The third-order valence-corrected chi connectivity index (χ3v) is 4.45. The molecule has 1 aliphatic rings. The van der Waals surface area contributed by atoms with Crippen molar-refractivity contribution < 1.29 is 4.79 Å². The van der Waals surface area contributed by atoms with Crippen LogP contribution in [0, 0.1) is 5.41 Å². The van der Waals surface area contributed by atoms with E-state index >= 15 is 0 Å². The molecule has 0 radical (unpaired) electrons. The summed E-state index contributed by atoms with van der Waals surface area (Å²) in [6, 6.07) is 20.2. The van der Waals surface area contributed by atoms with Gasteiger partial charge in [0.1, 0.15) is 0 Å². The van der Waals surface area contributed by atoms with E-state index in [9.17, 15) is 4.79 Å². The molecule has 1 aromatic heterocycles. The van der Waals surface area contributed by atoms with Gasteiger partial charge in [-0.2, -0.15) is 0 Å². The molecule has 3 aromatic rings. The third kappa shape index (κ3) is 1.98. The van der Waals surface area contributed by atoms with E-state index in [1.807, 2.05) is 53.1 Å². The quantitative estimate of drug-likeness (QED) is 0.601. The fraction of sp³-hybridized carbons (Fsp3) is 0.190. The largest absolute Gasteiger partial charge is 0.276 e. The lowest BCUT2D eigenvalue weighted by Gasteiger charge is -2.22. The van der Waals surface area contributed by atoms with Gasteiger partial charge in [-0.25, -0.2) is 0 Å². The standard InChI is InChI=1S/C21H19NO/c1-21(2,3)19-17-13-15-11-7-8-12-16(15)22(17)20(23)18(19)14-9-5-4-6-10-14/h4-13H,1-3H3. The van der Waals surface area contributed by atoms with Gasteiger partial charge in [-0.15, -0.1) is 0 Å². The van der Waals surface area contributed by atoms with Crippen molar-refractivity contribution in [3.63, 3.8) is 0 Å². The van der Waals surface area contributed by atoms with Crippen LogP contribution in [0.2, 0.25) is 0 Å². The fourth-order valence-corrected chi connectivity index (χ4v) is 3.54. The van der Waals surface area contributed by atoms with Crippen molar-refractivity contribution in [1.82, 2.24) is 4.57 Å². The van der Waals surface area contributed by atoms with Crippen LogP contribution in [0.3, 0.4) is 0 Å². The molecule has 0 saturated carbocycles. The van der Waals surface area contributed by atoms with Gasteiger partial charge in [-0.1, -0.05) is 69.3 Å². The Kier molecular flexibility index (Phi) is 2.86. The van der Waals surface area contributed by atoms with Crippen molar-refractivity contribution in [2.75, 3.05) is 0 Å². The molecule has 0 atom stereocenters. The number of carbonyl (C=O) groups is 1. The molecule has 0 fully saturated rings. The zero-order valence-electron chi connectivity index (χ0n) is 13.6. The predicted molar refractivity (Wildman–Crippen MR) is 95.3 cm³/mol. The smallest absolute Gasteiger partial charge is 0.263 e. The van der Waals surface area contributed by atoms with Gasteiger partial charge in [0.15, 0.2) is 0 Å². The molecule has 114 valence electrons. The minimum atomic E-state index is -0.108. The summed E-state index contributed by atoms with van der Waals surface area (Å²) in [5, 5.41) is 1.12. The van der Waals surface area contributed by atoms with E-state index < -0.39 is 0 Å². The van der Waals surface area contributed by atoms with Gasteiger partial charge >= 0.3 is 0 Å². The molecule has 0 saturated heterocycles. The molecule has 0 aliphatic carbocycles. The van der Waals surface area contributed by atoms with Crippen LogP contribution in [0.5, 0.6) is 0 Å². The van der Waals surface area contributed by atoms with Crippen LogP contribution in [-0.2, 0) is 0 Å². The first-order valence-electron chi connectivity index (χ1n) is 7.94. The molecule has 0 amide bonds. The van der Waals surface area contributed by atoms with Crippen LogP contribution in [0.4, 0.5) is 0 Å². The first-order chi connectivity index (χ1) is 11.0. The number of benzene rings is 2. The van der Waals surface area contributed by atoms with Gasteiger partial charge in [-0.3, -0.25) is 9.36 Å². The summed E-state index contributed by atoms with van der Waals surface area (Å²) in [5.41, 5.74) is 4.87. The fourth-order valence-electron chi connectivity index (χ4n) is 3.54. The molecule has 0 spiro atoms. The Hall–Kier alpha value is -2.61. The van der Waals surface area contributed by atoms with E-state index in [4.69, 9.17) is 0 Å². The second-order valence-electron chi connectivity index (χ2n) is 7.09. The molecule has 1 aliphatic heterocycles. The summed E-state index contributed by atoms with van der Waals surface area (Å²) in [6.07, 6.45) is 0. The van der Waals surface area contributed by atoms with Crippen molar-refractivity contribution in [1.29, 1.82) is 0 Å². The normalized spacial score (nSPS) is 14.7. The van der Waals surface area contributed by atoms with Gasteiger partial charge in [0.05, 0.1) is 16.8 Å². The van der Waals surface area contributed by atoms with Crippen LogP contribution in [0.1, 0.15) is 36.8 Å². The van der Waals surface area contributed by atoms with Crippen LogP contribution < -0.4 is 0 Å². The van der Waals surface area contributed by atoms with Crippen molar-refractivity contribution >= 4 is 28.0 Å². The van der Waals surface area contributed by atoms with Crippen LogP contribution >= 0.6 is 0 Å². The van der Waals surface area contributed by atoms with E-state index in [1.54, 1.807) is 0 Å². The molecule has 2 aromatic carbocycles. The Morgan fingerprint density at radius 3 is 2.22 bits per heavy atom. The Bertz CT molecular complexity index is 952. The lowest BCUT2D eigenvalue weighted by molar-refractivity contribution is 0.0989. The third-order valence-electron chi connectivity index (χ3n) is 4.45. The number of nitrogens with zero attached hydrogens (tertiary/aromatic N) is 1. The van der Waals surface area contributed by atoms with E-state index in [-0.39, 0.29) is 11.3 Å². The van der Waals surface area contributed by atoms with Crippen LogP contribution in [0.25, 0.3) is 22.0 Å². The minimum Gasteiger partial charge on any atom is -0.276 e. The maximum absolute atomic E-state index is 13.2. The Morgan fingerprint density at radius 1 is 0.870 bits per heavy atom.